The molecule has 0 saturated heterocycles. The van der Waals surface area contributed by atoms with Crippen LogP contribution in [0.2, 0.25) is 0 Å². The van der Waals surface area contributed by atoms with Crippen molar-refractivity contribution in [1.29, 1.82) is 0 Å². The van der Waals surface area contributed by atoms with Gasteiger partial charge in [-0.15, -0.1) is 0 Å². The van der Waals surface area contributed by atoms with Crippen LogP contribution in [0.4, 0.5) is 4.79 Å². The van der Waals surface area contributed by atoms with Crippen molar-refractivity contribution in [3.05, 3.63) is 0 Å². The molecule has 0 bridgehead atoms. The van der Waals surface area contributed by atoms with Crippen LogP contribution in [0.25, 0.3) is 0 Å². The molecule has 0 rings (SSSR count). The van der Waals surface area contributed by atoms with Crippen LogP contribution in [0, 0.1) is 0 Å². The zero-order valence-corrected chi connectivity index (χ0v) is 11.9. The standard InChI is InChI=1S/C12H25N3O3/c1-6-8(2)15-9(10(13)16)7-14-11(17)18-12(3,4)5/h8-9,15H,6-7H2,1-5H3,(H2,13,16)(H,14,17). The first-order chi connectivity index (χ1) is 8.15. The van der Waals surface area contributed by atoms with Crippen molar-refractivity contribution in [3.8, 4) is 0 Å². The van der Waals surface area contributed by atoms with Gasteiger partial charge in [0, 0.05) is 12.6 Å². The number of amides is 2. The number of hydrogen-bond acceptors (Lipinski definition) is 4. The van der Waals surface area contributed by atoms with Crippen molar-refractivity contribution in [2.45, 2.75) is 58.7 Å². The fourth-order valence-corrected chi connectivity index (χ4v) is 1.20. The normalized spacial score (nSPS) is 14.7. The summed E-state index contributed by atoms with van der Waals surface area (Å²) in [6.07, 6.45) is 0.315. The summed E-state index contributed by atoms with van der Waals surface area (Å²) in [4.78, 5) is 22.6. The molecule has 0 aromatic heterocycles. The lowest BCUT2D eigenvalue weighted by Crippen LogP contribution is -2.52. The van der Waals surface area contributed by atoms with E-state index in [1.807, 2.05) is 13.8 Å². The Hall–Kier alpha value is -1.30. The number of rotatable bonds is 6. The summed E-state index contributed by atoms with van der Waals surface area (Å²) in [6, 6.07) is -0.435. The van der Waals surface area contributed by atoms with Crippen LogP contribution in [0.15, 0.2) is 0 Å². The molecule has 18 heavy (non-hydrogen) atoms. The number of carbonyl (C=O) groups is 2. The van der Waals surface area contributed by atoms with Gasteiger partial charge in [-0.25, -0.2) is 4.79 Å². The summed E-state index contributed by atoms with van der Waals surface area (Å²) in [5.41, 5.74) is 4.70. The summed E-state index contributed by atoms with van der Waals surface area (Å²) in [7, 11) is 0. The van der Waals surface area contributed by atoms with Gasteiger partial charge in [0.15, 0.2) is 0 Å². The molecule has 2 amide bonds. The van der Waals surface area contributed by atoms with Gasteiger partial charge in [0.2, 0.25) is 5.91 Å². The number of ether oxygens (including phenoxy) is 1. The molecule has 0 aliphatic carbocycles. The van der Waals surface area contributed by atoms with Crippen molar-refractivity contribution in [2.24, 2.45) is 5.73 Å². The Bertz CT molecular complexity index is 287. The van der Waals surface area contributed by atoms with Gasteiger partial charge in [0.1, 0.15) is 11.6 Å². The average molecular weight is 259 g/mol. The van der Waals surface area contributed by atoms with Gasteiger partial charge in [0.05, 0.1) is 0 Å². The Labute approximate surface area is 109 Å². The van der Waals surface area contributed by atoms with E-state index in [-0.39, 0.29) is 12.6 Å². The van der Waals surface area contributed by atoms with Crippen LogP contribution in [0.3, 0.4) is 0 Å². The van der Waals surface area contributed by atoms with Gasteiger partial charge >= 0.3 is 6.09 Å². The third-order valence-corrected chi connectivity index (χ3v) is 2.29. The molecule has 2 unspecified atom stereocenters. The molecule has 0 aliphatic heterocycles. The molecule has 0 heterocycles. The van der Waals surface area contributed by atoms with Crippen LogP contribution in [0.5, 0.6) is 0 Å². The van der Waals surface area contributed by atoms with Gasteiger partial charge in [0.25, 0.3) is 0 Å². The van der Waals surface area contributed by atoms with Crippen LogP contribution in [0.1, 0.15) is 41.0 Å². The second kappa shape index (κ2) is 7.20. The average Bonchev–Trinajstić information content (AvgIpc) is 2.20. The number of primary amides is 1. The lowest BCUT2D eigenvalue weighted by Gasteiger charge is -2.23. The largest absolute Gasteiger partial charge is 0.444 e. The molecule has 6 heteroatoms. The molecular formula is C12H25N3O3. The summed E-state index contributed by atoms with van der Waals surface area (Å²) in [5, 5.41) is 5.57. The number of hydrogen-bond donors (Lipinski definition) is 3. The maximum absolute atomic E-state index is 11.4. The predicted molar refractivity (Wildman–Crippen MR) is 70.1 cm³/mol. The highest BCUT2D eigenvalue weighted by atomic mass is 16.6. The Morgan fingerprint density at radius 3 is 2.28 bits per heavy atom. The molecule has 4 N–H and O–H groups in total. The van der Waals surface area contributed by atoms with Crippen LogP contribution in [-0.2, 0) is 9.53 Å². The van der Waals surface area contributed by atoms with E-state index in [1.165, 1.54) is 0 Å². The summed E-state index contributed by atoms with van der Waals surface area (Å²) < 4.78 is 5.07. The highest BCUT2D eigenvalue weighted by Crippen LogP contribution is 2.06. The predicted octanol–water partition coefficient (Wildman–Crippen LogP) is 0.753. The van der Waals surface area contributed by atoms with Crippen molar-refractivity contribution < 1.29 is 14.3 Å². The van der Waals surface area contributed by atoms with E-state index in [4.69, 9.17) is 10.5 Å². The Kier molecular flexibility index (Phi) is 6.68. The highest BCUT2D eigenvalue weighted by molar-refractivity contribution is 5.81. The maximum Gasteiger partial charge on any atom is 0.407 e. The van der Waals surface area contributed by atoms with E-state index in [1.54, 1.807) is 20.8 Å². The molecule has 6 nitrogen and oxygen atoms in total. The molecule has 0 aliphatic rings. The lowest BCUT2D eigenvalue weighted by molar-refractivity contribution is -0.120. The second-order valence-electron chi connectivity index (χ2n) is 5.31. The van der Waals surface area contributed by atoms with E-state index in [9.17, 15) is 9.59 Å². The van der Waals surface area contributed by atoms with Gasteiger partial charge < -0.3 is 21.1 Å². The first-order valence-corrected chi connectivity index (χ1v) is 6.18. The summed E-state index contributed by atoms with van der Waals surface area (Å²) >= 11 is 0. The van der Waals surface area contributed by atoms with Crippen molar-refractivity contribution in [3.63, 3.8) is 0 Å². The third-order valence-electron chi connectivity index (χ3n) is 2.29. The first kappa shape index (κ1) is 16.7. The van der Waals surface area contributed by atoms with E-state index in [0.717, 1.165) is 6.42 Å². The zero-order chi connectivity index (χ0) is 14.3. The van der Waals surface area contributed by atoms with Crippen molar-refractivity contribution in [1.82, 2.24) is 10.6 Å². The van der Waals surface area contributed by atoms with Crippen LogP contribution >= 0.6 is 0 Å². The molecule has 0 fully saturated rings. The minimum atomic E-state index is -0.590. The fourth-order valence-electron chi connectivity index (χ4n) is 1.20. The van der Waals surface area contributed by atoms with E-state index in [2.05, 4.69) is 10.6 Å². The molecule has 0 aromatic carbocycles. The third kappa shape index (κ3) is 7.89. The van der Waals surface area contributed by atoms with Gasteiger partial charge in [-0.05, 0) is 34.1 Å². The summed E-state index contributed by atoms with van der Waals surface area (Å²) in [6.45, 7) is 9.38. The van der Waals surface area contributed by atoms with Gasteiger partial charge in [-0.2, -0.15) is 0 Å². The first-order valence-electron chi connectivity index (χ1n) is 6.18. The maximum atomic E-state index is 11.4. The number of nitrogens with one attached hydrogen (secondary N) is 2. The topological polar surface area (TPSA) is 93.4 Å². The smallest absolute Gasteiger partial charge is 0.407 e. The second-order valence-corrected chi connectivity index (χ2v) is 5.31. The molecule has 0 radical (unpaired) electrons. The number of nitrogens with two attached hydrogens (primary N) is 1. The minimum absolute atomic E-state index is 0.120. The SMILES string of the molecule is CCC(C)NC(CNC(=O)OC(C)(C)C)C(N)=O. The number of carbonyl (C=O) groups excluding carboxylic acids is 2. The highest BCUT2D eigenvalue weighted by Gasteiger charge is 2.20. The molecule has 0 spiro atoms. The number of alkyl carbamates (subject to hydrolysis) is 1. The molecule has 0 aromatic rings. The van der Waals surface area contributed by atoms with Crippen LogP contribution in [-0.4, -0.2) is 36.2 Å². The minimum Gasteiger partial charge on any atom is -0.444 e. The quantitative estimate of drug-likeness (QED) is 0.656. The lowest BCUT2D eigenvalue weighted by atomic mass is 10.2. The monoisotopic (exact) mass is 259 g/mol. The fraction of sp³-hybridized carbons (Fsp3) is 0.833. The van der Waals surface area contributed by atoms with E-state index in [0.29, 0.717) is 0 Å². The van der Waals surface area contributed by atoms with Crippen molar-refractivity contribution in [2.75, 3.05) is 6.54 Å². The Morgan fingerprint density at radius 1 is 1.33 bits per heavy atom. The van der Waals surface area contributed by atoms with E-state index < -0.39 is 23.6 Å². The summed E-state index contributed by atoms with van der Waals surface area (Å²) in [5.74, 6) is -0.494. The molecule has 106 valence electrons. The van der Waals surface area contributed by atoms with Crippen LogP contribution < -0.4 is 16.4 Å². The molecule has 2 atom stereocenters. The van der Waals surface area contributed by atoms with Gasteiger partial charge in [-0.1, -0.05) is 6.92 Å². The Balaban J connectivity index is 4.20. The van der Waals surface area contributed by atoms with Gasteiger partial charge in [-0.3, -0.25) is 4.79 Å². The molecule has 0 saturated carbocycles. The van der Waals surface area contributed by atoms with E-state index >= 15 is 0 Å². The zero-order valence-electron chi connectivity index (χ0n) is 11.9. The Morgan fingerprint density at radius 2 is 1.89 bits per heavy atom. The molecular weight excluding hydrogens is 234 g/mol. The van der Waals surface area contributed by atoms with Crippen molar-refractivity contribution >= 4 is 12.0 Å².